The number of pyridine rings is 2. The van der Waals surface area contributed by atoms with Gasteiger partial charge in [-0.05, 0) is 76.2 Å². The molecule has 3 heterocycles. The summed E-state index contributed by atoms with van der Waals surface area (Å²) in [5, 5.41) is 6.13. The second-order valence-electron chi connectivity index (χ2n) is 9.91. The second-order valence-corrected chi connectivity index (χ2v) is 9.91. The molecule has 38 heavy (non-hydrogen) atoms. The van der Waals surface area contributed by atoms with Gasteiger partial charge in [0.2, 0.25) is 0 Å². The lowest BCUT2D eigenvalue weighted by Crippen LogP contribution is -1.95. The van der Waals surface area contributed by atoms with Crippen LogP contribution in [0, 0.1) is 0 Å². The SMILES string of the molecule is c1ccc(-c2cc(Cc3ccc4c5ccccc5n5c6ccccc6nc5c4c3)cc3ccccc23)nc1. The van der Waals surface area contributed by atoms with E-state index in [0.717, 1.165) is 28.8 Å². The summed E-state index contributed by atoms with van der Waals surface area (Å²) in [5.74, 6) is 0. The first kappa shape index (κ1) is 21.1. The van der Waals surface area contributed by atoms with Gasteiger partial charge in [-0.25, -0.2) is 4.98 Å². The van der Waals surface area contributed by atoms with Crippen molar-refractivity contribution in [2.24, 2.45) is 0 Å². The number of fused-ring (bicyclic) bond motifs is 9. The average Bonchev–Trinajstić information content (AvgIpc) is 3.38. The molecule has 0 saturated carbocycles. The van der Waals surface area contributed by atoms with Crippen molar-refractivity contribution in [3.05, 3.63) is 139 Å². The van der Waals surface area contributed by atoms with Gasteiger partial charge in [-0.3, -0.25) is 9.38 Å². The van der Waals surface area contributed by atoms with Gasteiger partial charge in [-0.15, -0.1) is 0 Å². The van der Waals surface area contributed by atoms with Crippen LogP contribution in [0.25, 0.3) is 60.4 Å². The minimum atomic E-state index is 0.833. The molecule has 0 amide bonds. The van der Waals surface area contributed by atoms with E-state index in [2.05, 4.69) is 125 Å². The maximum Gasteiger partial charge on any atom is 0.146 e. The topological polar surface area (TPSA) is 30.2 Å². The summed E-state index contributed by atoms with van der Waals surface area (Å²) in [5.41, 5.74) is 9.07. The van der Waals surface area contributed by atoms with Crippen LogP contribution in [0.2, 0.25) is 0 Å². The number of hydrogen-bond acceptors (Lipinski definition) is 2. The summed E-state index contributed by atoms with van der Waals surface area (Å²) >= 11 is 0. The van der Waals surface area contributed by atoms with Crippen LogP contribution >= 0.6 is 0 Å². The van der Waals surface area contributed by atoms with E-state index in [1.165, 1.54) is 49.1 Å². The average molecular weight is 486 g/mol. The molecule has 0 bridgehead atoms. The first-order chi connectivity index (χ1) is 18.8. The zero-order valence-corrected chi connectivity index (χ0v) is 20.7. The van der Waals surface area contributed by atoms with Crippen LogP contribution < -0.4 is 0 Å². The Balaban J connectivity index is 1.34. The molecule has 5 aromatic carbocycles. The number of nitrogens with zero attached hydrogens (tertiary/aromatic N) is 3. The first-order valence-electron chi connectivity index (χ1n) is 13.0. The van der Waals surface area contributed by atoms with Crippen LogP contribution in [0.1, 0.15) is 11.1 Å². The van der Waals surface area contributed by atoms with Crippen molar-refractivity contribution in [1.29, 1.82) is 0 Å². The zero-order valence-electron chi connectivity index (χ0n) is 20.7. The highest BCUT2D eigenvalue weighted by atomic mass is 15.0. The summed E-state index contributed by atoms with van der Waals surface area (Å²) in [6.45, 7) is 0. The molecular formula is C35H23N3. The van der Waals surface area contributed by atoms with E-state index in [-0.39, 0.29) is 0 Å². The molecule has 0 fully saturated rings. The van der Waals surface area contributed by atoms with E-state index in [1.54, 1.807) is 0 Å². The Labute approximate surface area is 219 Å². The summed E-state index contributed by atoms with van der Waals surface area (Å²) in [6.07, 6.45) is 2.70. The van der Waals surface area contributed by atoms with E-state index >= 15 is 0 Å². The highest BCUT2D eigenvalue weighted by Gasteiger charge is 2.14. The predicted molar refractivity (Wildman–Crippen MR) is 158 cm³/mol. The number of para-hydroxylation sites is 3. The van der Waals surface area contributed by atoms with E-state index in [4.69, 9.17) is 4.98 Å². The van der Waals surface area contributed by atoms with Crippen molar-refractivity contribution >= 4 is 49.1 Å². The quantitative estimate of drug-likeness (QED) is 0.235. The maximum atomic E-state index is 5.09. The third-order valence-corrected chi connectivity index (χ3v) is 7.59. The van der Waals surface area contributed by atoms with Crippen LogP contribution in [0.3, 0.4) is 0 Å². The van der Waals surface area contributed by atoms with Crippen LogP contribution in [0.4, 0.5) is 0 Å². The van der Waals surface area contributed by atoms with E-state index in [0.29, 0.717) is 0 Å². The Hall–Kier alpha value is -5.02. The second kappa shape index (κ2) is 8.25. The molecular weight excluding hydrogens is 462 g/mol. The number of benzene rings is 5. The van der Waals surface area contributed by atoms with Gasteiger partial charge in [0.25, 0.3) is 0 Å². The van der Waals surface area contributed by atoms with Crippen molar-refractivity contribution in [2.75, 3.05) is 0 Å². The Kier molecular flexibility index (Phi) is 4.58. The molecule has 0 aliphatic heterocycles. The molecule has 0 N–H and O–H groups in total. The molecule has 178 valence electrons. The van der Waals surface area contributed by atoms with Crippen LogP contribution in [-0.4, -0.2) is 14.4 Å². The Morgan fingerprint density at radius 1 is 0.553 bits per heavy atom. The fourth-order valence-corrected chi connectivity index (χ4v) is 5.91. The molecule has 3 nitrogen and oxygen atoms in total. The molecule has 3 aromatic heterocycles. The molecule has 8 aromatic rings. The first-order valence-corrected chi connectivity index (χ1v) is 13.0. The number of rotatable bonds is 3. The minimum Gasteiger partial charge on any atom is -0.292 e. The van der Waals surface area contributed by atoms with Gasteiger partial charge in [-0.1, -0.05) is 78.9 Å². The monoisotopic (exact) mass is 485 g/mol. The zero-order chi connectivity index (χ0) is 25.1. The third kappa shape index (κ3) is 3.22. The van der Waals surface area contributed by atoms with Gasteiger partial charge in [0.05, 0.1) is 22.2 Å². The van der Waals surface area contributed by atoms with Crippen molar-refractivity contribution < 1.29 is 0 Å². The maximum absolute atomic E-state index is 5.09. The largest absolute Gasteiger partial charge is 0.292 e. The molecule has 0 radical (unpaired) electrons. The summed E-state index contributed by atoms with van der Waals surface area (Å²) < 4.78 is 2.31. The minimum absolute atomic E-state index is 0.833. The lowest BCUT2D eigenvalue weighted by Gasteiger charge is -2.12. The highest BCUT2D eigenvalue weighted by Crippen LogP contribution is 2.34. The third-order valence-electron chi connectivity index (χ3n) is 7.59. The van der Waals surface area contributed by atoms with Crippen molar-refractivity contribution in [3.63, 3.8) is 0 Å². The van der Waals surface area contributed by atoms with Crippen LogP contribution in [0.15, 0.2) is 128 Å². The van der Waals surface area contributed by atoms with Gasteiger partial charge < -0.3 is 0 Å². The molecule has 0 atom stereocenters. The normalized spacial score (nSPS) is 11.8. The Morgan fingerprint density at radius 2 is 1.34 bits per heavy atom. The van der Waals surface area contributed by atoms with Gasteiger partial charge in [0.15, 0.2) is 0 Å². The number of aromatic nitrogens is 3. The van der Waals surface area contributed by atoms with Gasteiger partial charge in [0, 0.05) is 22.5 Å². The smallest absolute Gasteiger partial charge is 0.146 e. The molecule has 0 unspecified atom stereocenters. The molecule has 0 saturated heterocycles. The summed E-state index contributed by atoms with van der Waals surface area (Å²) in [7, 11) is 0. The highest BCUT2D eigenvalue weighted by molar-refractivity contribution is 6.14. The van der Waals surface area contributed by atoms with Gasteiger partial charge in [0.1, 0.15) is 5.65 Å². The Bertz CT molecular complexity index is 2160. The van der Waals surface area contributed by atoms with E-state index < -0.39 is 0 Å². The summed E-state index contributed by atoms with van der Waals surface area (Å²) in [6, 6.07) is 43.2. The van der Waals surface area contributed by atoms with Crippen molar-refractivity contribution in [3.8, 4) is 11.3 Å². The lowest BCUT2D eigenvalue weighted by molar-refractivity contribution is 1.20. The molecule has 0 aliphatic rings. The van der Waals surface area contributed by atoms with Gasteiger partial charge >= 0.3 is 0 Å². The fourth-order valence-electron chi connectivity index (χ4n) is 5.91. The van der Waals surface area contributed by atoms with Gasteiger partial charge in [-0.2, -0.15) is 0 Å². The van der Waals surface area contributed by atoms with Crippen molar-refractivity contribution in [2.45, 2.75) is 6.42 Å². The van der Waals surface area contributed by atoms with Crippen LogP contribution in [0.5, 0.6) is 0 Å². The molecule has 8 rings (SSSR count). The summed E-state index contributed by atoms with van der Waals surface area (Å²) in [4.78, 5) is 9.75. The fraction of sp³-hybridized carbons (Fsp3) is 0.0286. The van der Waals surface area contributed by atoms with Crippen LogP contribution in [-0.2, 0) is 6.42 Å². The molecule has 3 heteroatoms. The molecule has 0 spiro atoms. The lowest BCUT2D eigenvalue weighted by atomic mass is 9.94. The van der Waals surface area contributed by atoms with Crippen molar-refractivity contribution in [1.82, 2.24) is 14.4 Å². The standard InChI is InChI=1S/C35H23N3/c1-2-10-26-25(9-1)20-24(22-29(26)31-12-7-8-18-36-31)19-23-16-17-27-28-11-3-5-14-33(28)38-34-15-6-4-13-32(34)37-35(38)30(27)21-23/h1-18,20-22H,19H2. The Morgan fingerprint density at radius 3 is 2.24 bits per heavy atom. The number of imidazole rings is 1. The van der Waals surface area contributed by atoms with E-state index in [1.807, 2.05) is 12.3 Å². The number of hydrogen-bond donors (Lipinski definition) is 0. The van der Waals surface area contributed by atoms with E-state index in [9.17, 15) is 0 Å². The predicted octanol–water partition coefficient (Wildman–Crippen LogP) is 8.60. The molecule has 0 aliphatic carbocycles.